The van der Waals surface area contributed by atoms with Crippen LogP contribution in [0.5, 0.6) is 23.0 Å². The fourth-order valence-electron chi connectivity index (χ4n) is 5.10. The molecule has 3 aromatic rings. The number of rotatable bonds is 8. The van der Waals surface area contributed by atoms with E-state index in [1.54, 1.807) is 81.1 Å². The maximum atomic E-state index is 5.70. The number of fused-ring (bicyclic) bond motifs is 8. The topological polar surface area (TPSA) is 131 Å². The SMILES string of the molecule is COC1=C(OC)c2ccc3[nH]c(ccc4nc(ccc5[nH]c(ccc1n2)c(OC)c5OC)C(OC)=C4OC)c(OC)c3OC. The van der Waals surface area contributed by atoms with Crippen LogP contribution in [0.3, 0.4) is 0 Å². The van der Waals surface area contributed by atoms with Gasteiger partial charge in [-0.1, -0.05) is 0 Å². The lowest BCUT2D eigenvalue weighted by atomic mass is 10.2. The first-order chi connectivity index (χ1) is 21.5. The van der Waals surface area contributed by atoms with Crippen LogP contribution in [-0.2, 0) is 18.9 Å². The lowest BCUT2D eigenvalue weighted by Gasteiger charge is -2.04. The van der Waals surface area contributed by atoms with Crippen LogP contribution in [0.25, 0.3) is 45.1 Å². The van der Waals surface area contributed by atoms with Crippen molar-refractivity contribution in [3.8, 4) is 23.0 Å². The summed E-state index contributed by atoms with van der Waals surface area (Å²) < 4.78 is 45.6. The summed E-state index contributed by atoms with van der Waals surface area (Å²) in [5.41, 5.74) is 4.81. The van der Waals surface area contributed by atoms with Crippen LogP contribution in [0, 0.1) is 0 Å². The van der Waals surface area contributed by atoms with Crippen LogP contribution >= 0.6 is 0 Å². The smallest absolute Gasteiger partial charge is 0.188 e. The molecule has 2 aliphatic rings. The molecule has 0 amide bonds. The van der Waals surface area contributed by atoms with Crippen molar-refractivity contribution < 1.29 is 37.9 Å². The van der Waals surface area contributed by atoms with Gasteiger partial charge in [-0.2, -0.15) is 0 Å². The van der Waals surface area contributed by atoms with Gasteiger partial charge in [-0.3, -0.25) is 0 Å². The molecule has 0 radical (unpaired) electrons. The first-order valence-electron chi connectivity index (χ1n) is 13.4. The molecular weight excluding hydrogens is 568 g/mol. The van der Waals surface area contributed by atoms with E-state index < -0.39 is 0 Å². The highest BCUT2D eigenvalue weighted by molar-refractivity contribution is 5.88. The molecule has 12 heteroatoms. The number of aromatic nitrogens is 4. The number of hydrogen-bond donors (Lipinski definition) is 2. The minimum atomic E-state index is 0.477. The Kier molecular flexibility index (Phi) is 8.70. The van der Waals surface area contributed by atoms with Crippen molar-refractivity contribution in [2.75, 3.05) is 56.9 Å². The van der Waals surface area contributed by atoms with E-state index in [-0.39, 0.29) is 0 Å². The molecule has 8 bridgehead atoms. The number of nitrogens with zero attached hydrogens (tertiary/aromatic N) is 2. The molecule has 12 nitrogen and oxygen atoms in total. The molecule has 0 fully saturated rings. The fraction of sp³-hybridized carbons (Fsp3) is 0.250. The summed E-state index contributed by atoms with van der Waals surface area (Å²) in [5, 5.41) is 0. The molecule has 2 aliphatic heterocycles. The van der Waals surface area contributed by atoms with Gasteiger partial charge in [0.15, 0.2) is 46.0 Å². The van der Waals surface area contributed by atoms with Crippen LogP contribution in [0.1, 0.15) is 22.8 Å². The Labute approximate surface area is 254 Å². The van der Waals surface area contributed by atoms with Crippen molar-refractivity contribution in [3.05, 3.63) is 71.3 Å². The van der Waals surface area contributed by atoms with Gasteiger partial charge in [0.25, 0.3) is 0 Å². The van der Waals surface area contributed by atoms with E-state index in [9.17, 15) is 0 Å². The first kappa shape index (κ1) is 30.0. The van der Waals surface area contributed by atoms with Gasteiger partial charge in [0, 0.05) is 0 Å². The summed E-state index contributed by atoms with van der Waals surface area (Å²) in [6.45, 7) is 0. The lowest BCUT2D eigenvalue weighted by Crippen LogP contribution is -1.89. The van der Waals surface area contributed by atoms with E-state index >= 15 is 0 Å². The third kappa shape index (κ3) is 5.14. The van der Waals surface area contributed by atoms with Crippen LogP contribution in [0.4, 0.5) is 0 Å². The highest BCUT2D eigenvalue weighted by Crippen LogP contribution is 2.39. The Balaban J connectivity index is 1.92. The van der Waals surface area contributed by atoms with Crippen molar-refractivity contribution in [1.82, 2.24) is 19.9 Å². The molecule has 230 valence electrons. The summed E-state index contributed by atoms with van der Waals surface area (Å²) >= 11 is 0. The Morgan fingerprint density at radius 3 is 0.750 bits per heavy atom. The second-order valence-electron chi connectivity index (χ2n) is 9.27. The zero-order chi connectivity index (χ0) is 31.4. The maximum absolute atomic E-state index is 5.70. The highest BCUT2D eigenvalue weighted by atomic mass is 16.5. The lowest BCUT2D eigenvalue weighted by molar-refractivity contribution is 0.331. The van der Waals surface area contributed by atoms with Gasteiger partial charge in [-0.05, 0) is 48.5 Å². The summed E-state index contributed by atoms with van der Waals surface area (Å²) in [6.07, 6.45) is 0. The molecule has 5 heterocycles. The molecule has 0 unspecified atom stereocenters. The van der Waals surface area contributed by atoms with Crippen LogP contribution in [0.2, 0.25) is 0 Å². The third-order valence-electron chi connectivity index (χ3n) is 7.02. The van der Waals surface area contributed by atoms with E-state index in [0.717, 1.165) is 0 Å². The maximum Gasteiger partial charge on any atom is 0.188 e. The van der Waals surface area contributed by atoms with Crippen molar-refractivity contribution in [2.24, 2.45) is 0 Å². The van der Waals surface area contributed by atoms with Crippen molar-refractivity contribution in [3.63, 3.8) is 0 Å². The average molecular weight is 603 g/mol. The van der Waals surface area contributed by atoms with Crippen molar-refractivity contribution in [2.45, 2.75) is 0 Å². The largest absolute Gasteiger partial charge is 0.491 e. The number of H-pyrrole nitrogens is 2. The van der Waals surface area contributed by atoms with E-state index in [2.05, 4.69) is 9.97 Å². The molecular formula is C32H34N4O8. The van der Waals surface area contributed by atoms with Crippen LogP contribution in [-0.4, -0.2) is 76.8 Å². The Bertz CT molecular complexity index is 1610. The van der Waals surface area contributed by atoms with Gasteiger partial charge in [0.2, 0.25) is 0 Å². The number of hydrogen-bond acceptors (Lipinski definition) is 10. The molecule has 0 aliphatic carbocycles. The van der Waals surface area contributed by atoms with Gasteiger partial charge in [0.05, 0.1) is 78.9 Å². The second-order valence-corrected chi connectivity index (χ2v) is 9.27. The zero-order valence-corrected chi connectivity index (χ0v) is 25.8. The molecule has 2 N–H and O–H groups in total. The number of ether oxygens (including phenoxy) is 8. The average Bonchev–Trinajstić information content (AvgIpc) is 3.77. The fourth-order valence-corrected chi connectivity index (χ4v) is 5.10. The number of aromatic amines is 2. The van der Waals surface area contributed by atoms with Crippen LogP contribution < -0.4 is 18.9 Å². The Morgan fingerprint density at radius 2 is 0.568 bits per heavy atom. The first-order valence-corrected chi connectivity index (χ1v) is 13.4. The van der Waals surface area contributed by atoms with E-state index in [1.807, 2.05) is 24.3 Å². The van der Waals surface area contributed by atoms with Gasteiger partial charge >= 0.3 is 0 Å². The summed E-state index contributed by atoms with van der Waals surface area (Å²) in [4.78, 5) is 16.2. The van der Waals surface area contributed by atoms with E-state index in [1.165, 1.54) is 0 Å². The van der Waals surface area contributed by atoms with Gasteiger partial charge < -0.3 is 47.9 Å². The molecule has 0 atom stereocenters. The van der Waals surface area contributed by atoms with Crippen molar-refractivity contribution >= 4 is 45.1 Å². The Hall–Kier alpha value is -5.52. The third-order valence-corrected chi connectivity index (χ3v) is 7.02. The molecule has 5 rings (SSSR count). The minimum absolute atomic E-state index is 0.477. The predicted octanol–water partition coefficient (Wildman–Crippen LogP) is 5.71. The van der Waals surface area contributed by atoms with E-state index in [4.69, 9.17) is 47.9 Å². The van der Waals surface area contributed by atoms with Crippen LogP contribution in [0.15, 0.2) is 48.5 Å². The molecule has 0 aromatic carbocycles. The van der Waals surface area contributed by atoms with Crippen molar-refractivity contribution in [1.29, 1.82) is 0 Å². The monoisotopic (exact) mass is 602 g/mol. The van der Waals surface area contributed by atoms with Gasteiger partial charge in [0.1, 0.15) is 22.8 Å². The molecule has 44 heavy (non-hydrogen) atoms. The number of nitrogens with one attached hydrogen (secondary N) is 2. The second kappa shape index (κ2) is 12.8. The van der Waals surface area contributed by atoms with Gasteiger partial charge in [-0.15, -0.1) is 0 Å². The molecule has 0 saturated carbocycles. The molecule has 0 spiro atoms. The standard InChI is InChI=1S/C32H34N4O8/c1-37-25-17-9-10-19-27(39-3)29(41-5)21(34-19)13-14-23-31(43-7)32(44-8)24(36-23)16-15-22-30(42-6)28(40-4)20(35-22)12-11-18(33-17)26(25)38-2/h9-16,33,36H,1-8H3. The highest BCUT2D eigenvalue weighted by Gasteiger charge is 2.23. The van der Waals surface area contributed by atoms with Gasteiger partial charge in [-0.25, -0.2) is 9.97 Å². The zero-order valence-electron chi connectivity index (χ0n) is 25.8. The quantitative estimate of drug-likeness (QED) is 0.330. The molecule has 3 aromatic heterocycles. The minimum Gasteiger partial charge on any atom is -0.491 e. The normalized spacial score (nSPS) is 12.4. The number of methoxy groups -OCH3 is 8. The summed E-state index contributed by atoms with van der Waals surface area (Å²) in [5.74, 6) is 3.96. The predicted molar refractivity (Wildman–Crippen MR) is 167 cm³/mol. The summed E-state index contributed by atoms with van der Waals surface area (Å²) in [6, 6.07) is 14.5. The summed E-state index contributed by atoms with van der Waals surface area (Å²) in [7, 11) is 12.6. The van der Waals surface area contributed by atoms with E-state index in [0.29, 0.717) is 90.9 Å². The Morgan fingerprint density at radius 1 is 0.341 bits per heavy atom. The molecule has 0 saturated heterocycles.